The molecule has 0 bridgehead atoms. The number of thiazole rings is 1. The molecule has 2 heterocycles. The molecule has 122 valence electrons. The van der Waals surface area contributed by atoms with Gasteiger partial charge < -0.3 is 11.1 Å². The number of likely N-dealkylation sites (tertiary alicyclic amines) is 1. The van der Waals surface area contributed by atoms with Crippen LogP contribution < -0.4 is 11.1 Å². The fourth-order valence-corrected chi connectivity index (χ4v) is 3.45. The number of rotatable bonds is 5. The molecule has 0 aliphatic carbocycles. The van der Waals surface area contributed by atoms with Gasteiger partial charge in [-0.25, -0.2) is 9.37 Å². The van der Waals surface area contributed by atoms with Crippen molar-refractivity contribution in [3.63, 3.8) is 0 Å². The fraction of sp³-hybridized carbons (Fsp3) is 0.375. The molecule has 0 spiro atoms. The number of nitrogens with zero attached hydrogens (tertiary/aromatic N) is 2. The second-order valence-corrected chi connectivity index (χ2v) is 6.45. The van der Waals surface area contributed by atoms with Gasteiger partial charge in [-0.1, -0.05) is 18.2 Å². The maximum atomic E-state index is 14.2. The van der Waals surface area contributed by atoms with E-state index < -0.39 is 0 Å². The molecule has 7 heteroatoms. The van der Waals surface area contributed by atoms with Gasteiger partial charge in [-0.2, -0.15) is 0 Å². The predicted molar refractivity (Wildman–Crippen MR) is 88.8 cm³/mol. The van der Waals surface area contributed by atoms with Crippen LogP contribution in [0.1, 0.15) is 34.9 Å². The lowest BCUT2D eigenvalue weighted by atomic mass is 10.0. The van der Waals surface area contributed by atoms with E-state index >= 15 is 0 Å². The van der Waals surface area contributed by atoms with Crippen molar-refractivity contribution in [2.24, 2.45) is 0 Å². The van der Waals surface area contributed by atoms with Crippen LogP contribution in [0.25, 0.3) is 0 Å². The first-order valence-electron chi connectivity index (χ1n) is 7.63. The van der Waals surface area contributed by atoms with Crippen molar-refractivity contribution >= 4 is 22.4 Å². The smallest absolute Gasteiger partial charge is 0.270 e. The zero-order valence-corrected chi connectivity index (χ0v) is 13.5. The highest BCUT2D eigenvalue weighted by Gasteiger charge is 2.26. The Morgan fingerprint density at radius 1 is 1.39 bits per heavy atom. The van der Waals surface area contributed by atoms with E-state index in [9.17, 15) is 9.18 Å². The minimum Gasteiger partial charge on any atom is -0.375 e. The number of nitrogen functional groups attached to an aromatic ring is 1. The second kappa shape index (κ2) is 7.06. The summed E-state index contributed by atoms with van der Waals surface area (Å²) in [7, 11) is 0. The van der Waals surface area contributed by atoms with Gasteiger partial charge in [0, 0.05) is 17.5 Å². The van der Waals surface area contributed by atoms with Gasteiger partial charge in [-0.05, 0) is 32.0 Å². The van der Waals surface area contributed by atoms with Gasteiger partial charge in [0.2, 0.25) is 0 Å². The Morgan fingerprint density at radius 2 is 2.13 bits per heavy atom. The number of carbonyl (C=O) groups is 1. The van der Waals surface area contributed by atoms with Gasteiger partial charge in [0.25, 0.3) is 5.91 Å². The highest BCUT2D eigenvalue weighted by atomic mass is 32.1. The minimum absolute atomic E-state index is 0.168. The monoisotopic (exact) mass is 334 g/mol. The summed E-state index contributed by atoms with van der Waals surface area (Å²) in [6.07, 6.45) is 2.20. The zero-order chi connectivity index (χ0) is 16.2. The first kappa shape index (κ1) is 15.9. The molecule has 1 amide bonds. The highest BCUT2D eigenvalue weighted by molar-refractivity contribution is 7.13. The van der Waals surface area contributed by atoms with E-state index in [1.54, 1.807) is 17.5 Å². The normalized spacial score (nSPS) is 16.4. The third-order valence-electron chi connectivity index (χ3n) is 4.06. The van der Waals surface area contributed by atoms with Gasteiger partial charge >= 0.3 is 0 Å². The highest BCUT2D eigenvalue weighted by Crippen LogP contribution is 2.26. The van der Waals surface area contributed by atoms with Crippen molar-refractivity contribution in [1.82, 2.24) is 15.2 Å². The average Bonchev–Trinajstić information content (AvgIpc) is 3.21. The molecule has 1 saturated heterocycles. The summed E-state index contributed by atoms with van der Waals surface area (Å²) in [5.41, 5.74) is 6.48. The van der Waals surface area contributed by atoms with E-state index in [1.807, 2.05) is 6.07 Å². The third-order valence-corrected chi connectivity index (χ3v) is 4.73. The van der Waals surface area contributed by atoms with Crippen LogP contribution >= 0.6 is 11.3 Å². The Morgan fingerprint density at radius 3 is 2.78 bits per heavy atom. The van der Waals surface area contributed by atoms with Gasteiger partial charge in [0.05, 0.1) is 6.04 Å². The molecule has 1 atom stereocenters. The minimum atomic E-state index is -0.279. The molecular weight excluding hydrogens is 315 g/mol. The Balaban J connectivity index is 1.74. The second-order valence-electron chi connectivity index (χ2n) is 5.56. The number of hydrogen-bond donors (Lipinski definition) is 2. The van der Waals surface area contributed by atoms with Crippen molar-refractivity contribution in [3.8, 4) is 0 Å². The summed E-state index contributed by atoms with van der Waals surface area (Å²) in [6.45, 7) is 2.17. The molecule has 2 aromatic rings. The SMILES string of the molecule is Nc1nc(C(=O)NC[C@@H](c2ccccc2F)N2CCCC2)cs1. The van der Waals surface area contributed by atoms with Crippen LogP contribution in [-0.4, -0.2) is 35.4 Å². The van der Waals surface area contributed by atoms with E-state index in [-0.39, 0.29) is 17.8 Å². The number of anilines is 1. The maximum Gasteiger partial charge on any atom is 0.270 e. The Bertz CT molecular complexity index is 684. The first-order valence-corrected chi connectivity index (χ1v) is 8.51. The molecule has 1 aromatic carbocycles. The standard InChI is InChI=1S/C16H19FN4OS/c17-12-6-2-1-5-11(12)14(21-7-3-4-8-21)9-19-15(22)13-10-23-16(18)20-13/h1-2,5-6,10,14H,3-4,7-9H2,(H2,18,20)(H,19,22)/t14-/m0/s1. The maximum absolute atomic E-state index is 14.2. The number of aromatic nitrogens is 1. The number of nitrogens with one attached hydrogen (secondary N) is 1. The van der Waals surface area contributed by atoms with Crippen LogP contribution in [0.5, 0.6) is 0 Å². The van der Waals surface area contributed by atoms with Crippen LogP contribution in [0, 0.1) is 5.82 Å². The molecule has 0 saturated carbocycles. The van der Waals surface area contributed by atoms with E-state index in [4.69, 9.17) is 5.73 Å². The summed E-state index contributed by atoms with van der Waals surface area (Å²) in [5, 5.41) is 4.84. The lowest BCUT2D eigenvalue weighted by Crippen LogP contribution is -2.37. The predicted octanol–water partition coefficient (Wildman–Crippen LogP) is 2.43. The van der Waals surface area contributed by atoms with Gasteiger partial charge in [0.1, 0.15) is 11.5 Å². The van der Waals surface area contributed by atoms with E-state index in [0.29, 0.717) is 22.9 Å². The van der Waals surface area contributed by atoms with Crippen molar-refractivity contribution in [3.05, 3.63) is 46.7 Å². The number of halogens is 1. The van der Waals surface area contributed by atoms with Crippen molar-refractivity contribution in [1.29, 1.82) is 0 Å². The van der Waals surface area contributed by atoms with Crippen LogP contribution in [0.4, 0.5) is 9.52 Å². The van der Waals surface area contributed by atoms with E-state index in [0.717, 1.165) is 25.9 Å². The molecule has 1 aliphatic heterocycles. The molecule has 23 heavy (non-hydrogen) atoms. The van der Waals surface area contributed by atoms with Gasteiger partial charge in [-0.15, -0.1) is 11.3 Å². The van der Waals surface area contributed by atoms with Crippen LogP contribution in [0.3, 0.4) is 0 Å². The fourth-order valence-electron chi connectivity index (χ4n) is 2.91. The van der Waals surface area contributed by atoms with Crippen molar-refractivity contribution < 1.29 is 9.18 Å². The lowest BCUT2D eigenvalue weighted by Gasteiger charge is -2.28. The molecule has 1 aromatic heterocycles. The van der Waals surface area contributed by atoms with E-state index in [1.165, 1.54) is 17.4 Å². The largest absolute Gasteiger partial charge is 0.375 e. The molecule has 1 fully saturated rings. The number of hydrogen-bond acceptors (Lipinski definition) is 5. The topological polar surface area (TPSA) is 71.2 Å². The molecule has 5 nitrogen and oxygen atoms in total. The summed E-state index contributed by atoms with van der Waals surface area (Å²) < 4.78 is 14.2. The molecule has 0 radical (unpaired) electrons. The van der Waals surface area contributed by atoms with Crippen molar-refractivity contribution in [2.45, 2.75) is 18.9 Å². The summed E-state index contributed by atoms with van der Waals surface area (Å²) in [6, 6.07) is 6.58. The quantitative estimate of drug-likeness (QED) is 0.881. The molecule has 1 aliphatic rings. The van der Waals surface area contributed by atoms with Gasteiger partial charge in [-0.3, -0.25) is 9.69 Å². The Hall–Kier alpha value is -1.99. The van der Waals surface area contributed by atoms with Crippen LogP contribution in [0.2, 0.25) is 0 Å². The molecular formula is C16H19FN4OS. The number of amides is 1. The first-order chi connectivity index (χ1) is 11.1. The lowest BCUT2D eigenvalue weighted by molar-refractivity contribution is 0.0933. The summed E-state index contributed by atoms with van der Waals surface area (Å²) >= 11 is 1.23. The zero-order valence-electron chi connectivity index (χ0n) is 12.7. The van der Waals surface area contributed by atoms with E-state index in [2.05, 4.69) is 15.2 Å². The number of nitrogens with two attached hydrogens (primary N) is 1. The summed E-state index contributed by atoms with van der Waals surface area (Å²) in [4.78, 5) is 18.3. The Labute approximate surface area is 138 Å². The number of benzene rings is 1. The van der Waals surface area contributed by atoms with Gasteiger partial charge in [0.15, 0.2) is 5.13 Å². The Kier molecular flexibility index (Phi) is 4.88. The number of carbonyl (C=O) groups excluding carboxylic acids is 1. The van der Waals surface area contributed by atoms with Crippen LogP contribution in [-0.2, 0) is 0 Å². The third kappa shape index (κ3) is 3.68. The molecule has 3 N–H and O–H groups in total. The van der Waals surface area contributed by atoms with Crippen LogP contribution in [0.15, 0.2) is 29.6 Å². The molecule has 3 rings (SSSR count). The molecule has 0 unspecified atom stereocenters. The van der Waals surface area contributed by atoms with Crippen molar-refractivity contribution in [2.75, 3.05) is 25.4 Å². The average molecular weight is 334 g/mol. The summed E-state index contributed by atoms with van der Waals surface area (Å²) in [5.74, 6) is -0.518.